The molecule has 0 saturated carbocycles. The molecule has 4 rings (SSSR count). The van der Waals surface area contributed by atoms with E-state index in [1.54, 1.807) is 0 Å². The molecule has 2 N–H and O–H groups in total. The molecule has 1 atom stereocenters. The number of carbonyl (C=O) groups excluding carboxylic acids is 2. The molecule has 0 unspecified atom stereocenters. The van der Waals surface area contributed by atoms with E-state index in [0.29, 0.717) is 17.8 Å². The van der Waals surface area contributed by atoms with Crippen molar-refractivity contribution in [1.82, 2.24) is 10.2 Å². The summed E-state index contributed by atoms with van der Waals surface area (Å²) in [5, 5.41) is 8.58. The quantitative estimate of drug-likeness (QED) is 0.708. The number of para-hydroxylation sites is 1. The first-order chi connectivity index (χ1) is 15.1. The first-order valence-electron chi connectivity index (χ1n) is 10.2. The van der Waals surface area contributed by atoms with Crippen LogP contribution >= 0.6 is 11.8 Å². The Balaban J connectivity index is 1.73. The molecule has 0 radical (unpaired) electrons. The molecule has 6 nitrogen and oxygen atoms in total. The molecule has 0 spiro atoms. The summed E-state index contributed by atoms with van der Waals surface area (Å²) in [6.45, 7) is 4.34. The van der Waals surface area contributed by atoms with Crippen molar-refractivity contribution in [2.24, 2.45) is 4.99 Å². The van der Waals surface area contributed by atoms with E-state index in [9.17, 15) is 9.59 Å². The number of rotatable bonds is 6. The smallest absolute Gasteiger partial charge is 0.255 e. The van der Waals surface area contributed by atoms with Crippen molar-refractivity contribution in [3.05, 3.63) is 88.6 Å². The summed E-state index contributed by atoms with van der Waals surface area (Å²) in [5.41, 5.74) is 3.78. The second-order valence-electron chi connectivity index (χ2n) is 7.25. The SMILES string of the molecule is CCNC(=O)CC1=CSC2=NC(C)=C(C(=O)Nc3ccccc3)[C@@H](c3ccccc3)N12. The van der Waals surface area contributed by atoms with Gasteiger partial charge in [0.05, 0.1) is 23.7 Å². The molecule has 0 fully saturated rings. The normalized spacial score (nSPS) is 17.6. The van der Waals surface area contributed by atoms with Crippen LogP contribution in [0.1, 0.15) is 31.9 Å². The zero-order valence-electron chi connectivity index (χ0n) is 17.5. The van der Waals surface area contributed by atoms with Crippen molar-refractivity contribution >= 4 is 34.4 Å². The van der Waals surface area contributed by atoms with E-state index < -0.39 is 0 Å². The predicted octanol–water partition coefficient (Wildman–Crippen LogP) is 4.43. The third-order valence-electron chi connectivity index (χ3n) is 5.11. The van der Waals surface area contributed by atoms with Crippen molar-refractivity contribution in [1.29, 1.82) is 0 Å². The number of aliphatic imine (C=N–C) groups is 1. The molecule has 2 aromatic carbocycles. The standard InChI is InChI=1S/C24H24N4O2S/c1-3-25-20(29)14-19-15-31-24-26-16(2)21(23(30)27-18-12-8-5-9-13-18)22(28(19)24)17-10-6-4-7-11-17/h4-13,15,22H,3,14H2,1-2H3,(H,25,29)(H,27,30)/t22-/m1/s1. The Bertz CT molecular complexity index is 1080. The van der Waals surface area contributed by atoms with Crippen LogP contribution in [0, 0.1) is 0 Å². The van der Waals surface area contributed by atoms with E-state index in [4.69, 9.17) is 4.99 Å². The first kappa shape index (κ1) is 20.9. The average Bonchev–Trinajstić information content (AvgIpc) is 3.16. The van der Waals surface area contributed by atoms with Gasteiger partial charge < -0.3 is 15.5 Å². The van der Waals surface area contributed by atoms with Gasteiger partial charge in [0, 0.05) is 17.9 Å². The van der Waals surface area contributed by atoms with Gasteiger partial charge in [-0.25, -0.2) is 4.99 Å². The first-order valence-corrected chi connectivity index (χ1v) is 11.1. The number of hydrogen-bond acceptors (Lipinski definition) is 5. The Kier molecular flexibility index (Phi) is 6.23. The predicted molar refractivity (Wildman–Crippen MR) is 125 cm³/mol. The molecule has 2 aliphatic rings. The van der Waals surface area contributed by atoms with E-state index in [2.05, 4.69) is 10.6 Å². The van der Waals surface area contributed by atoms with E-state index in [0.717, 1.165) is 22.1 Å². The van der Waals surface area contributed by atoms with Crippen LogP contribution in [0.5, 0.6) is 0 Å². The molecule has 2 heterocycles. The summed E-state index contributed by atoms with van der Waals surface area (Å²) in [6, 6.07) is 18.9. The molecule has 0 aromatic heterocycles. The fourth-order valence-electron chi connectivity index (χ4n) is 3.75. The molecular weight excluding hydrogens is 408 g/mol. The summed E-state index contributed by atoms with van der Waals surface area (Å²) >= 11 is 1.48. The Hall–Kier alpha value is -3.32. The minimum atomic E-state index is -0.368. The fourth-order valence-corrected chi connectivity index (χ4v) is 4.72. The number of hydrogen-bond donors (Lipinski definition) is 2. The average molecular weight is 433 g/mol. The minimum Gasteiger partial charge on any atom is -0.356 e. The van der Waals surface area contributed by atoms with Crippen LogP contribution in [0.2, 0.25) is 0 Å². The maximum atomic E-state index is 13.4. The topological polar surface area (TPSA) is 73.8 Å². The van der Waals surface area contributed by atoms with Gasteiger partial charge in [-0.05, 0) is 37.0 Å². The number of nitrogens with one attached hydrogen (secondary N) is 2. The van der Waals surface area contributed by atoms with Gasteiger partial charge in [0.15, 0.2) is 5.17 Å². The van der Waals surface area contributed by atoms with Gasteiger partial charge in [-0.2, -0.15) is 0 Å². The zero-order chi connectivity index (χ0) is 21.8. The van der Waals surface area contributed by atoms with E-state index in [1.165, 1.54) is 11.8 Å². The molecule has 31 heavy (non-hydrogen) atoms. The van der Waals surface area contributed by atoms with Crippen molar-refractivity contribution in [3.63, 3.8) is 0 Å². The Labute approximate surface area is 186 Å². The summed E-state index contributed by atoms with van der Waals surface area (Å²) in [7, 11) is 0. The third-order valence-corrected chi connectivity index (χ3v) is 6.00. The molecule has 0 aliphatic carbocycles. The van der Waals surface area contributed by atoms with Crippen LogP contribution in [0.25, 0.3) is 0 Å². The number of thioether (sulfide) groups is 1. The van der Waals surface area contributed by atoms with Crippen LogP contribution in [0.4, 0.5) is 5.69 Å². The number of amidine groups is 1. The maximum Gasteiger partial charge on any atom is 0.255 e. The summed E-state index contributed by atoms with van der Waals surface area (Å²) < 4.78 is 0. The monoisotopic (exact) mass is 432 g/mol. The number of anilines is 1. The largest absolute Gasteiger partial charge is 0.356 e. The van der Waals surface area contributed by atoms with Gasteiger partial charge in [-0.15, -0.1) is 0 Å². The van der Waals surface area contributed by atoms with Crippen LogP contribution < -0.4 is 10.6 Å². The van der Waals surface area contributed by atoms with Crippen LogP contribution in [-0.2, 0) is 9.59 Å². The van der Waals surface area contributed by atoms with Crippen LogP contribution in [0.3, 0.4) is 0 Å². The van der Waals surface area contributed by atoms with Gasteiger partial charge in [0.2, 0.25) is 5.91 Å². The number of fused-ring (bicyclic) bond motifs is 1. The summed E-state index contributed by atoms with van der Waals surface area (Å²) in [4.78, 5) is 32.5. The molecule has 2 aliphatic heterocycles. The highest BCUT2D eigenvalue weighted by atomic mass is 32.2. The molecule has 0 saturated heterocycles. The molecule has 2 aromatic rings. The molecule has 158 valence electrons. The Morgan fingerprint density at radius 1 is 1.06 bits per heavy atom. The second-order valence-corrected chi connectivity index (χ2v) is 8.09. The Morgan fingerprint density at radius 3 is 2.42 bits per heavy atom. The van der Waals surface area contributed by atoms with Gasteiger partial charge in [-0.1, -0.05) is 60.3 Å². The van der Waals surface area contributed by atoms with Gasteiger partial charge in [0.1, 0.15) is 0 Å². The molecule has 0 bridgehead atoms. The third kappa shape index (κ3) is 4.41. The molecular formula is C24H24N4O2S. The minimum absolute atomic E-state index is 0.0519. The van der Waals surface area contributed by atoms with Crippen LogP contribution in [-0.4, -0.2) is 28.4 Å². The number of allylic oxidation sites excluding steroid dienone is 1. The van der Waals surface area contributed by atoms with Gasteiger partial charge in [0.25, 0.3) is 5.91 Å². The highest BCUT2D eigenvalue weighted by molar-refractivity contribution is 8.16. The number of nitrogens with zero attached hydrogens (tertiary/aromatic N) is 2. The lowest BCUT2D eigenvalue weighted by Crippen LogP contribution is -2.38. The molecule has 2 amide bonds. The summed E-state index contributed by atoms with van der Waals surface area (Å²) in [6.07, 6.45) is 0.232. The van der Waals surface area contributed by atoms with Crippen molar-refractivity contribution in [2.75, 3.05) is 11.9 Å². The Morgan fingerprint density at radius 2 is 1.74 bits per heavy atom. The second kappa shape index (κ2) is 9.22. The van der Waals surface area contributed by atoms with Crippen molar-refractivity contribution < 1.29 is 9.59 Å². The highest BCUT2D eigenvalue weighted by Crippen LogP contribution is 2.44. The van der Waals surface area contributed by atoms with E-state index in [-0.39, 0.29) is 24.3 Å². The number of carbonyl (C=O) groups is 2. The lowest BCUT2D eigenvalue weighted by molar-refractivity contribution is -0.120. The van der Waals surface area contributed by atoms with Gasteiger partial charge >= 0.3 is 0 Å². The van der Waals surface area contributed by atoms with Gasteiger partial charge in [-0.3, -0.25) is 9.59 Å². The summed E-state index contributed by atoms with van der Waals surface area (Å²) in [5.74, 6) is -0.251. The molecule has 7 heteroatoms. The lowest BCUT2D eigenvalue weighted by Gasteiger charge is -2.36. The van der Waals surface area contributed by atoms with E-state index >= 15 is 0 Å². The fraction of sp³-hybridized carbons (Fsp3) is 0.208. The number of benzene rings is 2. The highest BCUT2D eigenvalue weighted by Gasteiger charge is 2.40. The zero-order valence-corrected chi connectivity index (χ0v) is 18.3. The van der Waals surface area contributed by atoms with Crippen molar-refractivity contribution in [2.45, 2.75) is 26.3 Å². The number of amides is 2. The van der Waals surface area contributed by atoms with Crippen LogP contribution in [0.15, 0.2) is 88.0 Å². The van der Waals surface area contributed by atoms with Crippen molar-refractivity contribution in [3.8, 4) is 0 Å². The maximum absolute atomic E-state index is 13.4. The van der Waals surface area contributed by atoms with E-state index in [1.807, 2.05) is 84.8 Å². The lowest BCUT2D eigenvalue weighted by atomic mass is 9.93.